The van der Waals surface area contributed by atoms with Crippen LogP contribution in [0.25, 0.3) is 0 Å². The van der Waals surface area contributed by atoms with Gasteiger partial charge in [-0.3, -0.25) is 0 Å². The highest BCUT2D eigenvalue weighted by Crippen LogP contribution is 2.02. The van der Waals surface area contributed by atoms with Crippen molar-refractivity contribution in [3.8, 4) is 0 Å². The van der Waals surface area contributed by atoms with Gasteiger partial charge < -0.3 is 14.4 Å². The fourth-order valence-electron chi connectivity index (χ4n) is 1.19. The molecule has 0 aliphatic rings. The van der Waals surface area contributed by atoms with Crippen molar-refractivity contribution in [1.29, 1.82) is 0 Å². The topological polar surface area (TPSA) is 60.7 Å². The summed E-state index contributed by atoms with van der Waals surface area (Å²) in [6, 6.07) is 5.10. The number of hydrogen-bond acceptors (Lipinski definition) is 3. The lowest BCUT2D eigenvalue weighted by Gasteiger charge is -2.12. The molecule has 3 N–H and O–H groups in total. The molecule has 0 spiro atoms. The lowest BCUT2D eigenvalue weighted by atomic mass is 10.2. The predicted octanol–water partition coefficient (Wildman–Crippen LogP) is -0.574. The van der Waals surface area contributed by atoms with Gasteiger partial charge in [-0.25, -0.2) is 0 Å². The van der Waals surface area contributed by atoms with Crippen LogP contribution in [0.5, 0.6) is 0 Å². The van der Waals surface area contributed by atoms with Crippen LogP contribution in [0.15, 0.2) is 18.2 Å². The quantitative estimate of drug-likeness (QED) is 0.512. The van der Waals surface area contributed by atoms with Crippen molar-refractivity contribution >= 4 is 14.0 Å². The van der Waals surface area contributed by atoms with E-state index in [0.29, 0.717) is 5.56 Å². The van der Waals surface area contributed by atoms with Crippen molar-refractivity contribution in [3.63, 3.8) is 0 Å². The standard InChI is InChI=1S/C8H12O3Si/c1-6-3-4-8(7(2)5-6)12(9,10)11/h3-5,9-11H,1-2H3. The first-order chi connectivity index (χ1) is 5.41. The molecule has 0 fully saturated rings. The lowest BCUT2D eigenvalue weighted by Crippen LogP contribution is -2.50. The Balaban J connectivity index is 3.19. The van der Waals surface area contributed by atoms with Gasteiger partial charge in [0.2, 0.25) is 0 Å². The van der Waals surface area contributed by atoms with E-state index in [1.165, 1.54) is 0 Å². The van der Waals surface area contributed by atoms with Crippen LogP contribution in [0.4, 0.5) is 0 Å². The van der Waals surface area contributed by atoms with Gasteiger partial charge in [0, 0.05) is 5.19 Å². The van der Waals surface area contributed by atoms with Gasteiger partial charge >= 0.3 is 8.80 Å². The van der Waals surface area contributed by atoms with Gasteiger partial charge in [0.1, 0.15) is 0 Å². The van der Waals surface area contributed by atoms with Crippen molar-refractivity contribution in [2.45, 2.75) is 13.8 Å². The first-order valence-electron chi connectivity index (χ1n) is 3.66. The Morgan fingerprint density at radius 2 is 1.67 bits per heavy atom. The maximum Gasteiger partial charge on any atom is 0.529 e. The van der Waals surface area contributed by atoms with Gasteiger partial charge in [-0.05, 0) is 19.4 Å². The van der Waals surface area contributed by atoms with Crippen LogP contribution in [-0.4, -0.2) is 23.2 Å². The third kappa shape index (κ3) is 1.92. The zero-order valence-corrected chi connectivity index (χ0v) is 8.07. The van der Waals surface area contributed by atoms with Crippen molar-refractivity contribution in [3.05, 3.63) is 29.3 Å². The minimum atomic E-state index is -4.10. The van der Waals surface area contributed by atoms with Crippen LogP contribution in [0.2, 0.25) is 0 Å². The molecule has 4 heteroatoms. The Labute approximate surface area is 72.3 Å². The highest BCUT2D eigenvalue weighted by atomic mass is 28.4. The Morgan fingerprint density at radius 3 is 2.08 bits per heavy atom. The summed E-state index contributed by atoms with van der Waals surface area (Å²) < 4.78 is 0. The molecular weight excluding hydrogens is 172 g/mol. The van der Waals surface area contributed by atoms with Crippen molar-refractivity contribution in [2.24, 2.45) is 0 Å². The number of rotatable bonds is 1. The van der Waals surface area contributed by atoms with Crippen LogP contribution in [0.1, 0.15) is 11.1 Å². The summed E-state index contributed by atoms with van der Waals surface area (Å²) in [7, 11) is -4.10. The molecule has 0 radical (unpaired) electrons. The van der Waals surface area contributed by atoms with E-state index in [4.69, 9.17) is 14.4 Å². The normalized spacial score (nSPS) is 11.8. The zero-order chi connectivity index (χ0) is 9.35. The third-order valence-electron chi connectivity index (χ3n) is 1.74. The molecule has 0 aromatic heterocycles. The summed E-state index contributed by atoms with van der Waals surface area (Å²) >= 11 is 0. The second-order valence-corrected chi connectivity index (χ2v) is 4.76. The molecule has 0 unspecified atom stereocenters. The summed E-state index contributed by atoms with van der Waals surface area (Å²) in [5.74, 6) is 0. The summed E-state index contributed by atoms with van der Waals surface area (Å²) in [6.45, 7) is 3.65. The first kappa shape index (κ1) is 9.41. The molecule has 66 valence electrons. The first-order valence-corrected chi connectivity index (χ1v) is 5.50. The Bertz CT molecular complexity index is 291. The monoisotopic (exact) mass is 184 g/mol. The highest BCUT2D eigenvalue weighted by molar-refractivity contribution is 6.72. The van der Waals surface area contributed by atoms with E-state index in [2.05, 4.69) is 0 Å². The molecule has 1 aromatic rings. The Hall–Kier alpha value is -0.683. The molecule has 3 nitrogen and oxygen atoms in total. The van der Waals surface area contributed by atoms with E-state index < -0.39 is 8.80 Å². The van der Waals surface area contributed by atoms with Crippen molar-refractivity contribution < 1.29 is 14.4 Å². The van der Waals surface area contributed by atoms with E-state index in [1.807, 2.05) is 6.92 Å². The summed E-state index contributed by atoms with van der Waals surface area (Å²) in [5.41, 5.74) is 1.75. The van der Waals surface area contributed by atoms with E-state index >= 15 is 0 Å². The summed E-state index contributed by atoms with van der Waals surface area (Å²) in [4.78, 5) is 27.0. The third-order valence-corrected chi connectivity index (χ3v) is 3.03. The average molecular weight is 184 g/mol. The fraction of sp³-hybridized carbons (Fsp3) is 0.250. The van der Waals surface area contributed by atoms with Gasteiger partial charge in [0.25, 0.3) is 0 Å². The molecule has 12 heavy (non-hydrogen) atoms. The van der Waals surface area contributed by atoms with Crippen LogP contribution < -0.4 is 5.19 Å². The molecule has 0 aliphatic heterocycles. The van der Waals surface area contributed by atoms with Crippen molar-refractivity contribution in [2.75, 3.05) is 0 Å². The molecule has 0 aliphatic carbocycles. The Kier molecular flexibility index (Phi) is 2.34. The maximum absolute atomic E-state index is 9.01. The van der Waals surface area contributed by atoms with Gasteiger partial charge in [-0.2, -0.15) is 0 Å². The second kappa shape index (κ2) is 2.99. The highest BCUT2D eigenvalue weighted by Gasteiger charge is 2.31. The second-order valence-electron chi connectivity index (χ2n) is 2.95. The molecule has 1 aromatic carbocycles. The molecule has 1 rings (SSSR count). The minimum absolute atomic E-state index is 0.258. The summed E-state index contributed by atoms with van der Waals surface area (Å²) in [5, 5.41) is 0.258. The van der Waals surface area contributed by atoms with Crippen molar-refractivity contribution in [1.82, 2.24) is 0 Å². The average Bonchev–Trinajstić information content (AvgIpc) is 1.83. The van der Waals surface area contributed by atoms with Crippen LogP contribution in [-0.2, 0) is 0 Å². The lowest BCUT2D eigenvalue weighted by molar-refractivity contribution is 0.249. The molecule has 0 saturated heterocycles. The van der Waals surface area contributed by atoms with Gasteiger partial charge in [0.15, 0.2) is 0 Å². The van der Waals surface area contributed by atoms with E-state index in [1.54, 1.807) is 25.1 Å². The fourth-order valence-corrected chi connectivity index (χ4v) is 2.10. The van der Waals surface area contributed by atoms with Crippen LogP contribution in [0.3, 0.4) is 0 Å². The maximum atomic E-state index is 9.01. The smallest absolute Gasteiger partial charge is 0.386 e. The summed E-state index contributed by atoms with van der Waals surface area (Å²) in [6.07, 6.45) is 0. The molecule has 0 atom stereocenters. The molecule has 0 heterocycles. The number of hydrogen-bond donors (Lipinski definition) is 3. The largest absolute Gasteiger partial charge is 0.529 e. The van der Waals surface area contributed by atoms with E-state index in [-0.39, 0.29) is 5.19 Å². The van der Waals surface area contributed by atoms with E-state index in [0.717, 1.165) is 5.56 Å². The number of benzene rings is 1. The Morgan fingerprint density at radius 1 is 1.08 bits per heavy atom. The zero-order valence-electron chi connectivity index (χ0n) is 7.07. The van der Waals surface area contributed by atoms with Crippen LogP contribution in [0, 0.1) is 13.8 Å². The van der Waals surface area contributed by atoms with E-state index in [9.17, 15) is 0 Å². The number of aryl methyl sites for hydroxylation is 2. The SMILES string of the molecule is Cc1ccc([Si](O)(O)O)c(C)c1. The molecule has 0 bridgehead atoms. The predicted molar refractivity (Wildman–Crippen MR) is 48.0 cm³/mol. The minimum Gasteiger partial charge on any atom is -0.386 e. The van der Waals surface area contributed by atoms with Gasteiger partial charge in [-0.1, -0.05) is 23.8 Å². The van der Waals surface area contributed by atoms with Gasteiger partial charge in [-0.15, -0.1) is 0 Å². The molecule has 0 saturated carbocycles. The van der Waals surface area contributed by atoms with Crippen LogP contribution >= 0.6 is 0 Å². The van der Waals surface area contributed by atoms with Gasteiger partial charge in [0.05, 0.1) is 0 Å². The molecule has 0 amide bonds. The molecular formula is C8H12O3Si.